The largest absolute Gasteiger partial charge is 0.469 e. The molecule has 0 aromatic heterocycles. The third-order valence-electron chi connectivity index (χ3n) is 2.77. The van der Waals surface area contributed by atoms with E-state index in [4.69, 9.17) is 4.74 Å². The van der Waals surface area contributed by atoms with Crippen LogP contribution in [0.15, 0.2) is 30.3 Å². The minimum Gasteiger partial charge on any atom is -0.469 e. The van der Waals surface area contributed by atoms with Crippen molar-refractivity contribution in [2.75, 3.05) is 27.3 Å². The van der Waals surface area contributed by atoms with Crippen LogP contribution in [0.4, 0.5) is 0 Å². The number of esters is 2. The Morgan fingerprint density at radius 1 is 1.16 bits per heavy atom. The molecular weight excluding hydrogens is 246 g/mol. The topological polar surface area (TPSA) is 64.6 Å². The van der Waals surface area contributed by atoms with Crippen molar-refractivity contribution in [3.8, 4) is 0 Å². The van der Waals surface area contributed by atoms with Crippen molar-refractivity contribution in [2.45, 2.75) is 12.3 Å². The van der Waals surface area contributed by atoms with Crippen LogP contribution in [0.1, 0.15) is 17.9 Å². The van der Waals surface area contributed by atoms with Gasteiger partial charge < -0.3 is 14.8 Å². The Balaban J connectivity index is 2.52. The number of benzene rings is 1. The van der Waals surface area contributed by atoms with Gasteiger partial charge in [-0.3, -0.25) is 9.59 Å². The van der Waals surface area contributed by atoms with E-state index >= 15 is 0 Å². The maximum Gasteiger partial charge on any atom is 0.314 e. The van der Waals surface area contributed by atoms with Crippen LogP contribution < -0.4 is 5.32 Å². The van der Waals surface area contributed by atoms with Gasteiger partial charge in [0.2, 0.25) is 0 Å². The molecule has 1 atom stereocenters. The summed E-state index contributed by atoms with van der Waals surface area (Å²) in [4.78, 5) is 22.7. The molecule has 1 N–H and O–H groups in total. The molecule has 1 unspecified atom stereocenters. The average molecular weight is 265 g/mol. The zero-order chi connectivity index (χ0) is 14.1. The van der Waals surface area contributed by atoms with E-state index in [1.807, 2.05) is 30.3 Å². The highest BCUT2D eigenvalue weighted by Gasteiger charge is 2.20. The van der Waals surface area contributed by atoms with E-state index in [-0.39, 0.29) is 24.3 Å². The molecule has 5 heteroatoms. The predicted molar refractivity (Wildman–Crippen MR) is 70.7 cm³/mol. The Morgan fingerprint density at radius 3 is 2.42 bits per heavy atom. The van der Waals surface area contributed by atoms with Gasteiger partial charge in [-0.25, -0.2) is 0 Å². The van der Waals surface area contributed by atoms with E-state index in [9.17, 15) is 9.59 Å². The third-order valence-corrected chi connectivity index (χ3v) is 2.77. The fourth-order valence-corrected chi connectivity index (χ4v) is 1.70. The highest BCUT2D eigenvalue weighted by atomic mass is 16.5. The second kappa shape index (κ2) is 8.26. The van der Waals surface area contributed by atoms with Crippen LogP contribution in [0.2, 0.25) is 0 Å². The van der Waals surface area contributed by atoms with Crippen LogP contribution in [0, 0.1) is 0 Å². The van der Waals surface area contributed by atoms with Crippen LogP contribution in [-0.4, -0.2) is 39.2 Å². The SMILES string of the molecule is COC(=O)CCNCC(C(=O)OC)c1ccccc1. The highest BCUT2D eigenvalue weighted by Crippen LogP contribution is 2.16. The molecule has 1 rings (SSSR count). The van der Waals surface area contributed by atoms with Crippen LogP contribution in [0.5, 0.6) is 0 Å². The Kier molecular flexibility index (Phi) is 6.60. The normalized spacial score (nSPS) is 11.7. The van der Waals surface area contributed by atoms with Crippen LogP contribution >= 0.6 is 0 Å². The van der Waals surface area contributed by atoms with Crippen LogP contribution in [-0.2, 0) is 19.1 Å². The number of rotatable bonds is 7. The smallest absolute Gasteiger partial charge is 0.314 e. The van der Waals surface area contributed by atoms with Gasteiger partial charge in [0.25, 0.3) is 0 Å². The van der Waals surface area contributed by atoms with E-state index in [0.717, 1.165) is 5.56 Å². The molecule has 1 aromatic carbocycles. The fourth-order valence-electron chi connectivity index (χ4n) is 1.70. The minimum atomic E-state index is -0.371. The molecule has 0 radical (unpaired) electrons. The van der Waals surface area contributed by atoms with Crippen LogP contribution in [0.3, 0.4) is 0 Å². The first-order chi connectivity index (χ1) is 9.19. The van der Waals surface area contributed by atoms with Gasteiger partial charge in [0.1, 0.15) is 0 Å². The van der Waals surface area contributed by atoms with Gasteiger partial charge in [-0.1, -0.05) is 30.3 Å². The molecule has 0 spiro atoms. The van der Waals surface area contributed by atoms with Gasteiger partial charge in [0.15, 0.2) is 0 Å². The Bertz CT molecular complexity index is 405. The summed E-state index contributed by atoms with van der Waals surface area (Å²) in [6, 6.07) is 9.40. The molecule has 0 saturated carbocycles. The lowest BCUT2D eigenvalue weighted by atomic mass is 9.99. The summed E-state index contributed by atoms with van der Waals surface area (Å²) >= 11 is 0. The summed E-state index contributed by atoms with van der Waals surface area (Å²) in [5.41, 5.74) is 0.889. The second-order valence-electron chi connectivity index (χ2n) is 4.02. The van der Waals surface area contributed by atoms with Gasteiger partial charge in [0, 0.05) is 13.1 Å². The van der Waals surface area contributed by atoms with Crippen molar-refractivity contribution in [1.82, 2.24) is 5.32 Å². The van der Waals surface area contributed by atoms with Gasteiger partial charge in [-0.2, -0.15) is 0 Å². The number of carbonyl (C=O) groups is 2. The standard InChI is InChI=1S/C14H19NO4/c1-18-13(16)8-9-15-10-12(14(17)19-2)11-6-4-3-5-7-11/h3-7,12,15H,8-10H2,1-2H3. The first-order valence-electron chi connectivity index (χ1n) is 6.09. The van der Waals surface area contributed by atoms with Crippen molar-refractivity contribution in [1.29, 1.82) is 0 Å². The van der Waals surface area contributed by atoms with E-state index in [1.54, 1.807) is 0 Å². The predicted octanol–water partition coefficient (Wildman–Crippen LogP) is 1.10. The van der Waals surface area contributed by atoms with E-state index < -0.39 is 0 Å². The summed E-state index contributed by atoms with van der Waals surface area (Å²) in [7, 11) is 2.72. The van der Waals surface area contributed by atoms with Gasteiger partial charge >= 0.3 is 11.9 Å². The zero-order valence-electron chi connectivity index (χ0n) is 11.2. The van der Waals surface area contributed by atoms with E-state index in [2.05, 4.69) is 10.1 Å². The quantitative estimate of drug-likeness (QED) is 0.590. The molecule has 0 aliphatic heterocycles. The Labute approximate surface area is 112 Å². The van der Waals surface area contributed by atoms with Crippen molar-refractivity contribution in [3.05, 3.63) is 35.9 Å². The molecule has 19 heavy (non-hydrogen) atoms. The zero-order valence-corrected chi connectivity index (χ0v) is 11.2. The molecular formula is C14H19NO4. The molecule has 5 nitrogen and oxygen atoms in total. The van der Waals surface area contributed by atoms with Crippen molar-refractivity contribution in [2.24, 2.45) is 0 Å². The van der Waals surface area contributed by atoms with Crippen molar-refractivity contribution >= 4 is 11.9 Å². The van der Waals surface area contributed by atoms with Gasteiger partial charge in [-0.15, -0.1) is 0 Å². The van der Waals surface area contributed by atoms with Gasteiger partial charge in [0.05, 0.1) is 26.6 Å². The molecule has 0 amide bonds. The summed E-state index contributed by atoms with van der Waals surface area (Å²) in [6.07, 6.45) is 0.277. The number of ether oxygens (including phenoxy) is 2. The summed E-state index contributed by atoms with van der Waals surface area (Å²) in [5.74, 6) is -0.942. The fraction of sp³-hybridized carbons (Fsp3) is 0.429. The highest BCUT2D eigenvalue weighted by molar-refractivity contribution is 5.78. The monoisotopic (exact) mass is 265 g/mol. The van der Waals surface area contributed by atoms with Crippen molar-refractivity contribution < 1.29 is 19.1 Å². The molecule has 0 fully saturated rings. The van der Waals surface area contributed by atoms with Crippen molar-refractivity contribution in [3.63, 3.8) is 0 Å². The third kappa shape index (κ3) is 5.09. The molecule has 1 aromatic rings. The number of nitrogens with one attached hydrogen (secondary N) is 1. The second-order valence-corrected chi connectivity index (χ2v) is 4.02. The Hall–Kier alpha value is -1.88. The lowest BCUT2D eigenvalue weighted by Gasteiger charge is -2.15. The molecule has 0 heterocycles. The van der Waals surface area contributed by atoms with E-state index in [0.29, 0.717) is 13.1 Å². The maximum atomic E-state index is 11.7. The van der Waals surface area contributed by atoms with E-state index in [1.165, 1.54) is 14.2 Å². The maximum absolute atomic E-state index is 11.7. The first-order valence-corrected chi connectivity index (χ1v) is 6.09. The molecule has 0 aliphatic rings. The number of methoxy groups -OCH3 is 2. The summed E-state index contributed by atoms with van der Waals surface area (Å²) < 4.78 is 9.34. The lowest BCUT2D eigenvalue weighted by molar-refractivity contribution is -0.142. The van der Waals surface area contributed by atoms with Crippen LogP contribution in [0.25, 0.3) is 0 Å². The number of hydrogen-bond donors (Lipinski definition) is 1. The number of carbonyl (C=O) groups excluding carboxylic acids is 2. The molecule has 0 saturated heterocycles. The molecule has 0 aliphatic carbocycles. The number of hydrogen-bond acceptors (Lipinski definition) is 5. The average Bonchev–Trinajstić information content (AvgIpc) is 2.47. The molecule has 104 valence electrons. The van der Waals surface area contributed by atoms with Gasteiger partial charge in [-0.05, 0) is 5.56 Å². The Morgan fingerprint density at radius 2 is 1.84 bits per heavy atom. The molecule has 0 bridgehead atoms. The lowest BCUT2D eigenvalue weighted by Crippen LogP contribution is -2.29. The summed E-state index contributed by atoms with van der Waals surface area (Å²) in [5, 5.41) is 3.06. The summed E-state index contributed by atoms with van der Waals surface area (Å²) in [6.45, 7) is 0.890. The first kappa shape index (κ1) is 15.2. The minimum absolute atomic E-state index is 0.276.